The SMILES string of the molecule is CC1=C(OC(=O)O)C(c2cccc(Cl)c2)C2=C(COC2=O)N1. The molecule has 1 aromatic rings. The van der Waals surface area contributed by atoms with E-state index in [1.54, 1.807) is 31.2 Å². The molecule has 3 rings (SSSR count). The van der Waals surface area contributed by atoms with Crippen molar-refractivity contribution in [3.05, 3.63) is 57.6 Å². The van der Waals surface area contributed by atoms with Crippen molar-refractivity contribution in [2.24, 2.45) is 0 Å². The second kappa shape index (κ2) is 5.38. The van der Waals surface area contributed by atoms with Crippen LogP contribution >= 0.6 is 11.6 Å². The van der Waals surface area contributed by atoms with Gasteiger partial charge >= 0.3 is 12.1 Å². The zero-order valence-electron chi connectivity index (χ0n) is 11.6. The largest absolute Gasteiger partial charge is 0.511 e. The summed E-state index contributed by atoms with van der Waals surface area (Å²) in [6.45, 7) is 1.81. The molecule has 2 N–H and O–H groups in total. The van der Waals surface area contributed by atoms with Crippen molar-refractivity contribution >= 4 is 23.7 Å². The fraction of sp³-hybridized carbons (Fsp3) is 0.200. The Kier molecular flexibility index (Phi) is 3.54. The molecule has 0 aromatic heterocycles. The molecule has 22 heavy (non-hydrogen) atoms. The molecule has 1 atom stereocenters. The highest BCUT2D eigenvalue weighted by Gasteiger charge is 2.40. The van der Waals surface area contributed by atoms with Crippen LogP contribution in [0.4, 0.5) is 4.79 Å². The van der Waals surface area contributed by atoms with E-state index in [0.29, 0.717) is 27.6 Å². The van der Waals surface area contributed by atoms with Crippen LogP contribution in [0.1, 0.15) is 18.4 Å². The molecule has 1 aromatic carbocycles. The third-order valence-electron chi connectivity index (χ3n) is 3.53. The number of dihydropyridines is 1. The van der Waals surface area contributed by atoms with Crippen molar-refractivity contribution in [1.82, 2.24) is 5.32 Å². The molecule has 114 valence electrons. The first kappa shape index (κ1) is 14.5. The number of rotatable bonds is 2. The highest BCUT2D eigenvalue weighted by atomic mass is 35.5. The average molecular weight is 322 g/mol. The van der Waals surface area contributed by atoms with Crippen LogP contribution in [0.25, 0.3) is 0 Å². The molecule has 0 aliphatic carbocycles. The summed E-state index contributed by atoms with van der Waals surface area (Å²) < 4.78 is 9.96. The highest BCUT2D eigenvalue weighted by Crippen LogP contribution is 2.41. The maximum absolute atomic E-state index is 12.0. The van der Waals surface area contributed by atoms with Crippen molar-refractivity contribution in [2.45, 2.75) is 12.8 Å². The second-order valence-corrected chi connectivity index (χ2v) is 5.38. The minimum absolute atomic E-state index is 0.128. The van der Waals surface area contributed by atoms with Crippen LogP contribution in [-0.4, -0.2) is 23.8 Å². The Balaban J connectivity index is 2.14. The summed E-state index contributed by atoms with van der Waals surface area (Å²) in [7, 11) is 0. The zero-order valence-corrected chi connectivity index (χ0v) is 12.3. The van der Waals surface area contributed by atoms with Gasteiger partial charge in [0, 0.05) is 5.02 Å². The number of carbonyl (C=O) groups is 2. The zero-order chi connectivity index (χ0) is 15.9. The number of benzene rings is 1. The van der Waals surface area contributed by atoms with Gasteiger partial charge in [0.25, 0.3) is 0 Å². The molecule has 0 spiro atoms. The van der Waals surface area contributed by atoms with Gasteiger partial charge < -0.3 is 19.9 Å². The fourth-order valence-electron chi connectivity index (χ4n) is 2.68. The van der Waals surface area contributed by atoms with E-state index in [1.165, 1.54) is 0 Å². The summed E-state index contributed by atoms with van der Waals surface area (Å²) in [5.74, 6) is -1.01. The van der Waals surface area contributed by atoms with Crippen LogP contribution in [0, 0.1) is 0 Å². The van der Waals surface area contributed by atoms with Crippen molar-refractivity contribution < 1.29 is 24.2 Å². The molecule has 0 bridgehead atoms. The van der Waals surface area contributed by atoms with Crippen molar-refractivity contribution in [3.8, 4) is 0 Å². The summed E-state index contributed by atoms with van der Waals surface area (Å²) >= 11 is 6.01. The number of carbonyl (C=O) groups excluding carboxylic acids is 1. The summed E-state index contributed by atoms with van der Waals surface area (Å²) in [6, 6.07) is 6.86. The Labute approximate surface area is 131 Å². The number of hydrogen-bond donors (Lipinski definition) is 2. The molecule has 0 fully saturated rings. The van der Waals surface area contributed by atoms with E-state index in [1.807, 2.05) is 0 Å². The van der Waals surface area contributed by atoms with Crippen LogP contribution in [0.2, 0.25) is 5.02 Å². The molecule has 0 radical (unpaired) electrons. The van der Waals surface area contributed by atoms with Gasteiger partial charge in [-0.2, -0.15) is 0 Å². The van der Waals surface area contributed by atoms with Gasteiger partial charge in [-0.1, -0.05) is 23.7 Å². The molecule has 2 aliphatic heterocycles. The first-order chi connectivity index (χ1) is 10.5. The molecule has 6 nitrogen and oxygen atoms in total. The number of esters is 1. The molecule has 7 heteroatoms. The molecule has 0 saturated heterocycles. The Hall–Kier alpha value is -2.47. The van der Waals surface area contributed by atoms with Gasteiger partial charge in [0.15, 0.2) is 0 Å². The number of hydrogen-bond acceptors (Lipinski definition) is 5. The minimum atomic E-state index is -1.45. The normalized spacial score (nSPS) is 20.5. The topological polar surface area (TPSA) is 84.9 Å². The number of nitrogens with one attached hydrogen (secondary N) is 1. The predicted octanol–water partition coefficient (Wildman–Crippen LogP) is 2.76. The summed E-state index contributed by atoms with van der Waals surface area (Å²) in [6.07, 6.45) is -1.45. The van der Waals surface area contributed by atoms with Crippen LogP contribution in [0.5, 0.6) is 0 Å². The fourth-order valence-corrected chi connectivity index (χ4v) is 2.88. The second-order valence-electron chi connectivity index (χ2n) is 4.94. The predicted molar refractivity (Wildman–Crippen MR) is 77.1 cm³/mol. The van der Waals surface area contributed by atoms with E-state index in [9.17, 15) is 9.59 Å². The maximum Gasteiger partial charge on any atom is 0.511 e. The maximum atomic E-state index is 12.0. The van der Waals surface area contributed by atoms with E-state index >= 15 is 0 Å². The van der Waals surface area contributed by atoms with Crippen molar-refractivity contribution in [2.75, 3.05) is 6.61 Å². The molecule has 2 heterocycles. The lowest BCUT2D eigenvalue weighted by atomic mass is 9.85. The Morgan fingerprint density at radius 1 is 1.50 bits per heavy atom. The van der Waals surface area contributed by atoms with Gasteiger partial charge in [0.1, 0.15) is 12.4 Å². The van der Waals surface area contributed by atoms with Crippen molar-refractivity contribution in [1.29, 1.82) is 0 Å². The monoisotopic (exact) mass is 321 g/mol. The van der Waals surface area contributed by atoms with E-state index < -0.39 is 18.0 Å². The molecule has 2 aliphatic rings. The number of carboxylic acid groups (broad SMARTS) is 1. The Morgan fingerprint density at radius 2 is 2.27 bits per heavy atom. The Morgan fingerprint density at radius 3 is 2.95 bits per heavy atom. The van der Waals surface area contributed by atoms with E-state index in [0.717, 1.165) is 0 Å². The number of allylic oxidation sites excluding steroid dienone is 2. The van der Waals surface area contributed by atoms with Gasteiger partial charge in [0.05, 0.1) is 22.9 Å². The van der Waals surface area contributed by atoms with Crippen LogP contribution in [-0.2, 0) is 14.3 Å². The van der Waals surface area contributed by atoms with Gasteiger partial charge in [-0.25, -0.2) is 9.59 Å². The van der Waals surface area contributed by atoms with Gasteiger partial charge in [-0.3, -0.25) is 0 Å². The number of halogens is 1. The lowest BCUT2D eigenvalue weighted by molar-refractivity contribution is -0.136. The third-order valence-corrected chi connectivity index (χ3v) is 3.77. The summed E-state index contributed by atoms with van der Waals surface area (Å²) in [5, 5.41) is 12.4. The van der Waals surface area contributed by atoms with E-state index in [-0.39, 0.29) is 12.4 Å². The lowest BCUT2D eigenvalue weighted by Crippen LogP contribution is -2.28. The van der Waals surface area contributed by atoms with Gasteiger partial charge in [0.2, 0.25) is 0 Å². The van der Waals surface area contributed by atoms with Gasteiger partial charge in [-0.15, -0.1) is 0 Å². The highest BCUT2D eigenvalue weighted by molar-refractivity contribution is 6.30. The van der Waals surface area contributed by atoms with E-state index in [4.69, 9.17) is 26.2 Å². The minimum Gasteiger partial charge on any atom is -0.456 e. The average Bonchev–Trinajstić information content (AvgIpc) is 2.80. The van der Waals surface area contributed by atoms with Crippen LogP contribution in [0.15, 0.2) is 47.0 Å². The summed E-state index contributed by atoms with van der Waals surface area (Å²) in [4.78, 5) is 23.0. The molecular weight excluding hydrogens is 310 g/mol. The quantitative estimate of drug-likeness (QED) is 0.815. The number of cyclic esters (lactones) is 1. The first-order valence-electron chi connectivity index (χ1n) is 6.51. The molecule has 0 amide bonds. The molecular formula is C15H12ClNO5. The standard InChI is InChI=1S/C15H12ClNO5/c1-7-13(22-15(19)20)11(8-3-2-4-9(16)5-8)12-10(17-7)6-21-14(12)18/h2-5,11,17H,6H2,1H3,(H,19,20). The van der Waals surface area contributed by atoms with Crippen LogP contribution in [0.3, 0.4) is 0 Å². The summed E-state index contributed by atoms with van der Waals surface area (Å²) in [5.41, 5.74) is 2.15. The van der Waals surface area contributed by atoms with Crippen LogP contribution < -0.4 is 5.32 Å². The van der Waals surface area contributed by atoms with E-state index in [2.05, 4.69) is 5.32 Å². The smallest absolute Gasteiger partial charge is 0.456 e. The van der Waals surface area contributed by atoms with Crippen molar-refractivity contribution in [3.63, 3.8) is 0 Å². The number of ether oxygens (including phenoxy) is 2. The molecule has 1 unspecified atom stereocenters. The first-order valence-corrected chi connectivity index (χ1v) is 6.89. The lowest BCUT2D eigenvalue weighted by Gasteiger charge is -2.27. The molecule has 0 saturated carbocycles. The Bertz CT molecular complexity index is 737. The third kappa shape index (κ3) is 2.42. The van der Waals surface area contributed by atoms with Gasteiger partial charge in [-0.05, 0) is 24.6 Å².